The Bertz CT molecular complexity index is 988. The average Bonchev–Trinajstić information content (AvgIpc) is 3.21. The normalized spacial score (nSPS) is 10.4. The second kappa shape index (κ2) is 8.28. The van der Waals surface area contributed by atoms with Gasteiger partial charge in [0, 0.05) is 22.3 Å². The van der Waals surface area contributed by atoms with Gasteiger partial charge in [0.25, 0.3) is 11.6 Å². The summed E-state index contributed by atoms with van der Waals surface area (Å²) >= 11 is 1.53. The van der Waals surface area contributed by atoms with Gasteiger partial charge in [-0.1, -0.05) is 18.2 Å². The quantitative estimate of drug-likeness (QED) is 0.290. The van der Waals surface area contributed by atoms with Gasteiger partial charge in [-0.15, -0.1) is 18.3 Å². The summed E-state index contributed by atoms with van der Waals surface area (Å²) in [5.74, 6) is 0.264. The van der Waals surface area contributed by atoms with Crippen LogP contribution in [0.25, 0.3) is 5.69 Å². The molecule has 9 heteroatoms. The molecular formula is C18H15N5O3S. The minimum atomic E-state index is -0.554. The van der Waals surface area contributed by atoms with Gasteiger partial charge in [0.05, 0.1) is 10.6 Å². The average molecular weight is 381 g/mol. The Hall–Kier alpha value is -3.46. The molecular weight excluding hydrogens is 366 g/mol. The molecule has 0 spiro atoms. The van der Waals surface area contributed by atoms with Gasteiger partial charge in [-0.2, -0.15) is 5.10 Å². The molecule has 0 aliphatic carbocycles. The molecule has 0 atom stereocenters. The van der Waals surface area contributed by atoms with Crippen LogP contribution in [0, 0.1) is 10.1 Å². The van der Waals surface area contributed by atoms with E-state index in [0.29, 0.717) is 11.4 Å². The third-order valence-corrected chi connectivity index (χ3v) is 4.66. The number of carbonyl (C=O) groups excluding carboxylic acids is 1. The number of hydrogen-bond donors (Lipinski definition) is 1. The van der Waals surface area contributed by atoms with Gasteiger partial charge in [0.2, 0.25) is 0 Å². The van der Waals surface area contributed by atoms with Crippen molar-refractivity contribution in [1.29, 1.82) is 0 Å². The van der Waals surface area contributed by atoms with E-state index in [2.05, 4.69) is 22.0 Å². The molecule has 0 unspecified atom stereocenters. The lowest BCUT2D eigenvalue weighted by atomic mass is 10.1. The Morgan fingerprint density at radius 1 is 1.33 bits per heavy atom. The molecule has 0 saturated carbocycles. The second-order valence-electron chi connectivity index (χ2n) is 5.35. The number of benzene rings is 2. The van der Waals surface area contributed by atoms with Crippen LogP contribution in [0.2, 0.25) is 0 Å². The highest BCUT2D eigenvalue weighted by Gasteiger charge is 2.20. The topological polar surface area (TPSA) is 103 Å². The summed E-state index contributed by atoms with van der Waals surface area (Å²) in [4.78, 5) is 28.2. The monoisotopic (exact) mass is 381 g/mol. The fourth-order valence-electron chi connectivity index (χ4n) is 2.38. The van der Waals surface area contributed by atoms with Crippen LogP contribution in [-0.2, 0) is 0 Å². The molecule has 8 nitrogen and oxygen atoms in total. The minimum absolute atomic E-state index is 0.175. The van der Waals surface area contributed by atoms with E-state index in [9.17, 15) is 14.9 Å². The van der Waals surface area contributed by atoms with Crippen LogP contribution in [0.15, 0.2) is 72.7 Å². The molecule has 3 rings (SSSR count). The summed E-state index contributed by atoms with van der Waals surface area (Å²) in [6.45, 7) is 3.69. The highest BCUT2D eigenvalue weighted by molar-refractivity contribution is 7.99. The number of nitro benzene ring substituents is 1. The number of aromatic nitrogens is 3. The summed E-state index contributed by atoms with van der Waals surface area (Å²) in [5, 5.41) is 18.1. The first-order valence-corrected chi connectivity index (χ1v) is 8.86. The maximum atomic E-state index is 12.6. The van der Waals surface area contributed by atoms with Crippen molar-refractivity contribution in [3.05, 3.63) is 83.5 Å². The minimum Gasteiger partial charge on any atom is -0.321 e. The number of nitrogens with one attached hydrogen (secondary N) is 1. The first-order valence-electron chi connectivity index (χ1n) is 7.87. The Kier molecular flexibility index (Phi) is 5.62. The van der Waals surface area contributed by atoms with E-state index >= 15 is 0 Å². The first-order chi connectivity index (χ1) is 13.1. The van der Waals surface area contributed by atoms with Crippen molar-refractivity contribution in [2.75, 3.05) is 11.1 Å². The molecule has 3 aromatic rings. The van der Waals surface area contributed by atoms with Crippen LogP contribution in [0.1, 0.15) is 10.4 Å². The van der Waals surface area contributed by atoms with E-state index in [1.165, 1.54) is 47.3 Å². The number of para-hydroxylation sites is 1. The molecule has 0 aliphatic heterocycles. The van der Waals surface area contributed by atoms with E-state index in [0.717, 1.165) is 4.90 Å². The predicted octanol–water partition coefficient (Wildman–Crippen LogP) is 3.71. The van der Waals surface area contributed by atoms with Gasteiger partial charge in [-0.25, -0.2) is 9.67 Å². The summed E-state index contributed by atoms with van der Waals surface area (Å²) in [7, 11) is 0. The predicted molar refractivity (Wildman–Crippen MR) is 103 cm³/mol. The number of nitro groups is 1. The van der Waals surface area contributed by atoms with Crippen molar-refractivity contribution in [2.24, 2.45) is 0 Å². The number of rotatable bonds is 7. The van der Waals surface area contributed by atoms with Gasteiger partial charge in [0.1, 0.15) is 18.3 Å². The largest absolute Gasteiger partial charge is 0.321 e. The summed E-state index contributed by atoms with van der Waals surface area (Å²) < 4.78 is 1.28. The zero-order valence-corrected chi connectivity index (χ0v) is 14.9. The van der Waals surface area contributed by atoms with Crippen molar-refractivity contribution >= 4 is 29.0 Å². The summed E-state index contributed by atoms with van der Waals surface area (Å²) in [6.07, 6.45) is 4.41. The van der Waals surface area contributed by atoms with Gasteiger partial charge in [-0.05, 0) is 24.3 Å². The lowest BCUT2D eigenvalue weighted by Gasteiger charge is -2.10. The number of thioether (sulfide) groups is 1. The molecule has 0 saturated heterocycles. The number of amides is 1. The number of anilines is 1. The molecule has 1 amide bonds. The van der Waals surface area contributed by atoms with Crippen LogP contribution < -0.4 is 5.32 Å². The van der Waals surface area contributed by atoms with Crippen molar-refractivity contribution in [1.82, 2.24) is 14.8 Å². The van der Waals surface area contributed by atoms with Crippen LogP contribution in [0.5, 0.6) is 0 Å². The Balaban J connectivity index is 1.89. The maximum Gasteiger partial charge on any atom is 0.295 e. The Morgan fingerprint density at radius 2 is 2.15 bits per heavy atom. The zero-order valence-electron chi connectivity index (χ0n) is 14.1. The number of carbonyl (C=O) groups is 1. The fraction of sp³-hybridized carbons (Fsp3) is 0.0556. The smallest absolute Gasteiger partial charge is 0.295 e. The van der Waals surface area contributed by atoms with Crippen molar-refractivity contribution in [2.45, 2.75) is 4.90 Å². The molecule has 1 N–H and O–H groups in total. The van der Waals surface area contributed by atoms with Crippen LogP contribution in [-0.4, -0.2) is 31.3 Å². The molecule has 0 aliphatic rings. The Morgan fingerprint density at radius 3 is 2.85 bits per heavy atom. The van der Waals surface area contributed by atoms with E-state index in [1.54, 1.807) is 12.1 Å². The highest BCUT2D eigenvalue weighted by Crippen LogP contribution is 2.28. The van der Waals surface area contributed by atoms with Crippen LogP contribution in [0.3, 0.4) is 0 Å². The van der Waals surface area contributed by atoms with E-state index in [1.807, 2.05) is 18.2 Å². The molecule has 0 radical (unpaired) electrons. The molecule has 1 heterocycles. The molecule has 2 aromatic carbocycles. The molecule has 27 heavy (non-hydrogen) atoms. The van der Waals surface area contributed by atoms with Crippen molar-refractivity contribution in [3.8, 4) is 5.69 Å². The molecule has 0 bridgehead atoms. The van der Waals surface area contributed by atoms with Crippen LogP contribution in [0.4, 0.5) is 11.4 Å². The summed E-state index contributed by atoms with van der Waals surface area (Å²) in [5.41, 5.74) is 0.810. The third-order valence-electron chi connectivity index (χ3n) is 3.59. The second-order valence-corrected chi connectivity index (χ2v) is 6.41. The third kappa shape index (κ3) is 4.21. The molecule has 1 aromatic heterocycles. The standard InChI is InChI=1S/C18H15N5O3S/c1-2-9-27-17-6-4-3-5-14(17)21-18(24)13-7-8-15(16(10-13)23(25)26)22-12-19-11-20-22/h2-8,10-12H,1,9H2,(H,21,24). The lowest BCUT2D eigenvalue weighted by molar-refractivity contribution is -0.384. The maximum absolute atomic E-state index is 12.6. The van der Waals surface area contributed by atoms with Gasteiger partial charge in [-0.3, -0.25) is 14.9 Å². The number of hydrogen-bond acceptors (Lipinski definition) is 6. The summed E-state index contributed by atoms with van der Waals surface area (Å²) in [6, 6.07) is 11.6. The van der Waals surface area contributed by atoms with E-state index in [4.69, 9.17) is 0 Å². The fourth-order valence-corrected chi connectivity index (χ4v) is 3.12. The van der Waals surface area contributed by atoms with Gasteiger partial charge in [0.15, 0.2) is 0 Å². The lowest BCUT2D eigenvalue weighted by Crippen LogP contribution is -2.13. The molecule has 136 valence electrons. The Labute approximate surface area is 159 Å². The van der Waals surface area contributed by atoms with Gasteiger partial charge < -0.3 is 5.32 Å². The SMILES string of the molecule is C=CCSc1ccccc1NC(=O)c1ccc(-n2cncn2)c([N+](=O)[O-])c1. The number of nitrogens with zero attached hydrogens (tertiary/aromatic N) is 4. The molecule has 0 fully saturated rings. The van der Waals surface area contributed by atoms with E-state index < -0.39 is 10.8 Å². The zero-order chi connectivity index (χ0) is 19.2. The van der Waals surface area contributed by atoms with Crippen LogP contribution >= 0.6 is 11.8 Å². The van der Waals surface area contributed by atoms with E-state index in [-0.39, 0.29) is 16.9 Å². The highest BCUT2D eigenvalue weighted by atomic mass is 32.2. The van der Waals surface area contributed by atoms with Gasteiger partial charge >= 0.3 is 0 Å². The van der Waals surface area contributed by atoms with Crippen molar-refractivity contribution < 1.29 is 9.72 Å². The van der Waals surface area contributed by atoms with Crippen molar-refractivity contribution in [3.63, 3.8) is 0 Å². The first kappa shape index (κ1) is 18.3.